The molecule has 0 saturated carbocycles. The molecule has 3 nitrogen and oxygen atoms in total. The van der Waals surface area contributed by atoms with Gasteiger partial charge in [-0.15, -0.1) is 13.2 Å². The number of rotatable bonds is 2. The number of phenols is 2. The number of phenolic OH excluding ortho intramolecular Hbond substituents is 2. The lowest BCUT2D eigenvalue weighted by Crippen LogP contribution is -2.23. The lowest BCUT2D eigenvalue weighted by molar-refractivity contribution is -0.274. The second kappa shape index (κ2) is 7.97. The molecule has 2 rings (SSSR count). The van der Waals surface area contributed by atoms with E-state index in [0.29, 0.717) is 0 Å². The lowest BCUT2D eigenvalue weighted by Gasteiger charge is -2.19. The molecule has 0 fully saturated rings. The van der Waals surface area contributed by atoms with Gasteiger partial charge in [0, 0.05) is 17.2 Å². The van der Waals surface area contributed by atoms with Crippen molar-refractivity contribution in [2.45, 2.75) is 27.1 Å². The van der Waals surface area contributed by atoms with E-state index in [0.717, 1.165) is 6.92 Å². The van der Waals surface area contributed by atoms with E-state index in [2.05, 4.69) is 4.74 Å². The molecular formula is C16H12BF7O3. The van der Waals surface area contributed by atoms with E-state index in [4.69, 9.17) is 7.85 Å². The van der Waals surface area contributed by atoms with Crippen LogP contribution < -0.4 is 10.2 Å². The number of ether oxygens (including phenoxy) is 1. The van der Waals surface area contributed by atoms with Crippen molar-refractivity contribution in [2.75, 3.05) is 0 Å². The molecule has 2 radical (unpaired) electrons. The Balaban J connectivity index is 0.00000176. The fourth-order valence-corrected chi connectivity index (χ4v) is 2.10. The highest BCUT2D eigenvalue weighted by Gasteiger charge is 2.35. The summed E-state index contributed by atoms with van der Waals surface area (Å²) in [6.07, 6.45) is -5.36. The number of aromatic hydroxyl groups is 2. The molecule has 2 N–H and O–H groups in total. The van der Waals surface area contributed by atoms with Crippen molar-refractivity contribution >= 4 is 13.3 Å². The van der Waals surface area contributed by atoms with Crippen LogP contribution in [0.4, 0.5) is 30.7 Å². The Kier molecular flexibility index (Phi) is 6.63. The van der Waals surface area contributed by atoms with Crippen LogP contribution in [0.25, 0.3) is 11.1 Å². The van der Waals surface area contributed by atoms with Crippen LogP contribution in [0.2, 0.25) is 0 Å². The van der Waals surface area contributed by atoms with Crippen molar-refractivity contribution in [1.29, 1.82) is 0 Å². The van der Waals surface area contributed by atoms with Gasteiger partial charge in [0.2, 0.25) is 0 Å². The Morgan fingerprint density at radius 2 is 1.30 bits per heavy atom. The van der Waals surface area contributed by atoms with Gasteiger partial charge in [0.15, 0.2) is 34.8 Å². The Bertz CT molecular complexity index is 838. The maximum atomic E-state index is 14.0. The van der Waals surface area contributed by atoms with E-state index in [1.54, 1.807) is 0 Å². The van der Waals surface area contributed by atoms with Gasteiger partial charge >= 0.3 is 6.36 Å². The molecule has 2 aromatic rings. The second-order valence-electron chi connectivity index (χ2n) is 4.84. The molecule has 0 atom stereocenters. The largest absolute Gasteiger partial charge is 0.573 e. The minimum atomic E-state index is -5.36. The molecule has 0 heterocycles. The highest BCUT2D eigenvalue weighted by molar-refractivity contribution is 6.38. The van der Waals surface area contributed by atoms with Crippen LogP contribution in [-0.4, -0.2) is 24.4 Å². The molecule has 27 heavy (non-hydrogen) atoms. The molecule has 0 aliphatic heterocycles. The lowest BCUT2D eigenvalue weighted by atomic mass is 9.84. The summed E-state index contributed by atoms with van der Waals surface area (Å²) in [5.41, 5.74) is -5.08. The number of hydrogen-bond donors (Lipinski definition) is 2. The van der Waals surface area contributed by atoms with Gasteiger partial charge in [0.25, 0.3) is 0 Å². The van der Waals surface area contributed by atoms with Gasteiger partial charge in [-0.1, -0.05) is 13.8 Å². The van der Waals surface area contributed by atoms with Gasteiger partial charge in [0.05, 0.1) is 5.56 Å². The summed E-state index contributed by atoms with van der Waals surface area (Å²) >= 11 is 0. The third-order valence-corrected chi connectivity index (χ3v) is 3.23. The predicted molar refractivity (Wildman–Crippen MR) is 83.2 cm³/mol. The van der Waals surface area contributed by atoms with Gasteiger partial charge in [-0.25, -0.2) is 17.6 Å². The molecule has 0 aromatic heterocycles. The van der Waals surface area contributed by atoms with Crippen LogP contribution in [0.1, 0.15) is 19.4 Å². The van der Waals surface area contributed by atoms with Crippen molar-refractivity contribution in [3.8, 4) is 28.4 Å². The quantitative estimate of drug-likeness (QED) is 0.451. The summed E-state index contributed by atoms with van der Waals surface area (Å²) in [4.78, 5) is 0. The fourth-order valence-electron chi connectivity index (χ4n) is 2.10. The standard InChI is InChI=1S/C14H6BF7O3.C2H6/c1-3-9(16)11(18)7(12(19)10(3)17)6-4(23)2-5(24)13(8(6)15)25-14(20,21)22;1-2/h2,23-24H,1H3;1-2H3. The van der Waals surface area contributed by atoms with Crippen LogP contribution in [0.3, 0.4) is 0 Å². The zero-order valence-corrected chi connectivity index (χ0v) is 14.1. The average Bonchev–Trinajstić information content (AvgIpc) is 2.59. The van der Waals surface area contributed by atoms with E-state index >= 15 is 0 Å². The SMILES string of the molecule is CC.[B]c1c(OC(F)(F)F)c(O)cc(O)c1-c1c(F)c(F)c(C)c(F)c1F. The number of halogens is 7. The second-order valence-corrected chi connectivity index (χ2v) is 4.84. The average molecular weight is 396 g/mol. The summed E-state index contributed by atoms with van der Waals surface area (Å²) in [6, 6.07) is 0.224. The van der Waals surface area contributed by atoms with Crippen molar-refractivity contribution < 1.29 is 45.7 Å². The van der Waals surface area contributed by atoms with Gasteiger partial charge < -0.3 is 14.9 Å². The number of alkyl halides is 3. The molecule has 2 aromatic carbocycles. The highest BCUT2D eigenvalue weighted by atomic mass is 19.4. The van der Waals surface area contributed by atoms with Crippen LogP contribution >= 0.6 is 0 Å². The van der Waals surface area contributed by atoms with Gasteiger partial charge in [0.1, 0.15) is 13.6 Å². The van der Waals surface area contributed by atoms with Crippen molar-refractivity contribution in [2.24, 2.45) is 0 Å². The van der Waals surface area contributed by atoms with Crippen molar-refractivity contribution in [3.05, 3.63) is 34.9 Å². The van der Waals surface area contributed by atoms with E-state index < -0.39 is 69.0 Å². The summed E-state index contributed by atoms with van der Waals surface area (Å²) in [7, 11) is 5.28. The maximum Gasteiger partial charge on any atom is 0.573 e. The first kappa shape index (κ1) is 22.5. The topological polar surface area (TPSA) is 49.7 Å². The number of benzene rings is 2. The van der Waals surface area contributed by atoms with Crippen LogP contribution in [0.5, 0.6) is 17.2 Å². The molecule has 0 aliphatic rings. The number of hydrogen-bond acceptors (Lipinski definition) is 3. The Labute approximate surface area is 150 Å². The highest BCUT2D eigenvalue weighted by Crippen LogP contribution is 2.41. The summed E-state index contributed by atoms with van der Waals surface area (Å²) in [6.45, 7) is 4.72. The first-order valence-electron chi connectivity index (χ1n) is 7.29. The normalized spacial score (nSPS) is 11.0. The molecule has 146 valence electrons. The molecule has 0 unspecified atom stereocenters. The van der Waals surface area contributed by atoms with E-state index in [-0.39, 0.29) is 6.07 Å². The zero-order chi connectivity index (χ0) is 21.3. The summed E-state index contributed by atoms with van der Waals surface area (Å²) < 4.78 is 95.9. The maximum absolute atomic E-state index is 14.0. The smallest absolute Gasteiger partial charge is 0.507 e. The van der Waals surface area contributed by atoms with Crippen molar-refractivity contribution in [3.63, 3.8) is 0 Å². The Morgan fingerprint density at radius 3 is 1.70 bits per heavy atom. The third-order valence-electron chi connectivity index (χ3n) is 3.23. The summed E-state index contributed by atoms with van der Waals surface area (Å²) in [5.74, 6) is -11.7. The first-order valence-corrected chi connectivity index (χ1v) is 7.29. The fraction of sp³-hybridized carbons (Fsp3) is 0.250. The van der Waals surface area contributed by atoms with Crippen LogP contribution in [-0.2, 0) is 0 Å². The van der Waals surface area contributed by atoms with E-state index in [1.165, 1.54) is 0 Å². The van der Waals surface area contributed by atoms with E-state index in [1.807, 2.05) is 13.8 Å². The van der Waals surface area contributed by atoms with Crippen LogP contribution in [0.15, 0.2) is 6.07 Å². The van der Waals surface area contributed by atoms with Crippen LogP contribution in [0, 0.1) is 30.2 Å². The van der Waals surface area contributed by atoms with E-state index in [9.17, 15) is 40.9 Å². The molecule has 0 spiro atoms. The first-order chi connectivity index (χ1) is 12.4. The minimum absolute atomic E-state index is 0.224. The molecule has 0 saturated heterocycles. The molecular weight excluding hydrogens is 384 g/mol. The van der Waals surface area contributed by atoms with Gasteiger partial charge in [-0.05, 0) is 12.4 Å². The molecule has 0 aliphatic carbocycles. The monoisotopic (exact) mass is 396 g/mol. The third kappa shape index (κ3) is 4.22. The Hall–Kier alpha value is -2.59. The predicted octanol–water partition coefficient (Wildman–Crippen LogP) is 4.35. The van der Waals surface area contributed by atoms with Gasteiger partial charge in [-0.3, -0.25) is 0 Å². The molecule has 11 heteroatoms. The zero-order valence-electron chi connectivity index (χ0n) is 14.1. The van der Waals surface area contributed by atoms with Crippen molar-refractivity contribution in [1.82, 2.24) is 0 Å². The molecule has 0 amide bonds. The minimum Gasteiger partial charge on any atom is -0.507 e. The Morgan fingerprint density at radius 1 is 0.852 bits per heavy atom. The summed E-state index contributed by atoms with van der Waals surface area (Å²) in [5, 5.41) is 19.1. The molecule has 0 bridgehead atoms. The van der Waals surface area contributed by atoms with Gasteiger partial charge in [-0.2, -0.15) is 0 Å².